The van der Waals surface area contributed by atoms with Crippen LogP contribution in [0, 0.1) is 5.82 Å². The molecule has 0 saturated heterocycles. The van der Waals surface area contributed by atoms with Crippen LogP contribution in [0.15, 0.2) is 53.4 Å². The van der Waals surface area contributed by atoms with Gasteiger partial charge in [-0.25, -0.2) is 17.5 Å². The van der Waals surface area contributed by atoms with Crippen molar-refractivity contribution in [2.24, 2.45) is 0 Å². The molecule has 0 aliphatic rings. The minimum Gasteiger partial charge on any atom is -0.495 e. The Hall–Kier alpha value is -2.71. The fourth-order valence-corrected chi connectivity index (χ4v) is 3.30. The summed E-state index contributed by atoms with van der Waals surface area (Å²) in [5, 5.41) is 2.66. The zero-order chi connectivity index (χ0) is 19.9. The van der Waals surface area contributed by atoms with Gasteiger partial charge in [0.15, 0.2) is 0 Å². The number of ether oxygens (including phenoxy) is 1. The highest BCUT2D eigenvalue weighted by molar-refractivity contribution is 7.89. The summed E-state index contributed by atoms with van der Waals surface area (Å²) in [5.74, 6) is -0.463. The number of methoxy groups -OCH3 is 1. The van der Waals surface area contributed by atoms with Crippen molar-refractivity contribution in [1.29, 1.82) is 0 Å². The van der Waals surface area contributed by atoms with Crippen LogP contribution in [0.4, 0.5) is 4.39 Å². The van der Waals surface area contributed by atoms with Gasteiger partial charge in [0.25, 0.3) is 0 Å². The van der Waals surface area contributed by atoms with Gasteiger partial charge in [0.05, 0.1) is 7.11 Å². The summed E-state index contributed by atoms with van der Waals surface area (Å²) in [6.45, 7) is 0.284. The number of rotatable bonds is 8. The maximum atomic E-state index is 13.5. The molecule has 0 atom stereocenters. The van der Waals surface area contributed by atoms with Crippen LogP contribution in [0.1, 0.15) is 11.1 Å². The van der Waals surface area contributed by atoms with Crippen molar-refractivity contribution >= 4 is 22.0 Å². The predicted octanol–water partition coefficient (Wildman–Crippen LogP) is 2.11. The maximum absolute atomic E-state index is 13.5. The average Bonchev–Trinajstić information content (AvgIpc) is 2.67. The number of hydrogen-bond acceptors (Lipinski definition) is 4. The summed E-state index contributed by atoms with van der Waals surface area (Å²) in [4.78, 5) is 11.9. The Labute approximate surface area is 158 Å². The lowest BCUT2D eigenvalue weighted by atomic mass is 10.1. The zero-order valence-corrected chi connectivity index (χ0v) is 15.8. The second kappa shape index (κ2) is 9.29. The number of hydrogen-bond donors (Lipinski definition) is 2. The molecule has 0 unspecified atom stereocenters. The highest BCUT2D eigenvalue weighted by Gasteiger charge is 2.17. The largest absolute Gasteiger partial charge is 0.495 e. The van der Waals surface area contributed by atoms with Crippen LogP contribution in [0.3, 0.4) is 0 Å². The van der Waals surface area contributed by atoms with E-state index in [9.17, 15) is 17.6 Å². The minimum absolute atomic E-state index is 0.0189. The van der Waals surface area contributed by atoms with Crippen LogP contribution in [0.25, 0.3) is 6.08 Å². The number of benzene rings is 2. The lowest BCUT2D eigenvalue weighted by Gasteiger charge is -2.09. The van der Waals surface area contributed by atoms with E-state index in [1.54, 1.807) is 24.3 Å². The smallest absolute Gasteiger partial charge is 0.244 e. The molecule has 0 saturated carbocycles. The summed E-state index contributed by atoms with van der Waals surface area (Å²) in [6, 6.07) is 10.9. The second-order valence-electron chi connectivity index (χ2n) is 5.58. The van der Waals surface area contributed by atoms with Crippen molar-refractivity contribution in [3.63, 3.8) is 0 Å². The SMILES string of the molecule is CNS(=O)(=O)c1cc(/C=C/C(=O)NCCc2ccccc2F)ccc1OC. The van der Waals surface area contributed by atoms with Gasteiger partial charge in [0.1, 0.15) is 16.5 Å². The lowest BCUT2D eigenvalue weighted by molar-refractivity contribution is -0.116. The van der Waals surface area contributed by atoms with Gasteiger partial charge in [-0.15, -0.1) is 0 Å². The fraction of sp³-hybridized carbons (Fsp3) is 0.211. The van der Waals surface area contributed by atoms with Gasteiger partial charge in [-0.05, 0) is 48.9 Å². The maximum Gasteiger partial charge on any atom is 0.244 e. The third kappa shape index (κ3) is 5.63. The van der Waals surface area contributed by atoms with Crippen molar-refractivity contribution in [3.05, 3.63) is 65.5 Å². The molecule has 0 aliphatic heterocycles. The molecule has 2 N–H and O–H groups in total. The van der Waals surface area contributed by atoms with E-state index < -0.39 is 10.0 Å². The Morgan fingerprint density at radius 2 is 1.96 bits per heavy atom. The van der Waals surface area contributed by atoms with E-state index in [1.807, 2.05) is 0 Å². The van der Waals surface area contributed by atoms with Crippen LogP contribution in [0.2, 0.25) is 0 Å². The van der Waals surface area contributed by atoms with Crippen LogP contribution >= 0.6 is 0 Å². The Morgan fingerprint density at radius 1 is 1.22 bits per heavy atom. The molecule has 0 heterocycles. The van der Waals surface area contributed by atoms with E-state index in [-0.39, 0.29) is 28.9 Å². The lowest BCUT2D eigenvalue weighted by Crippen LogP contribution is -2.23. The normalized spacial score (nSPS) is 11.5. The Bertz CT molecular complexity index is 942. The number of amides is 1. The first kappa shape index (κ1) is 20.6. The first-order valence-electron chi connectivity index (χ1n) is 8.18. The van der Waals surface area contributed by atoms with Crippen LogP contribution < -0.4 is 14.8 Å². The van der Waals surface area contributed by atoms with E-state index in [0.717, 1.165) is 0 Å². The molecular weight excluding hydrogens is 371 g/mol. The van der Waals surface area contributed by atoms with Gasteiger partial charge in [-0.2, -0.15) is 0 Å². The first-order chi connectivity index (χ1) is 12.9. The number of nitrogens with one attached hydrogen (secondary N) is 2. The molecule has 0 bridgehead atoms. The molecule has 144 valence electrons. The molecule has 27 heavy (non-hydrogen) atoms. The molecular formula is C19H21FN2O4S. The average molecular weight is 392 g/mol. The van der Waals surface area contributed by atoms with Crippen LogP contribution in [0.5, 0.6) is 5.75 Å². The van der Waals surface area contributed by atoms with Gasteiger partial charge < -0.3 is 10.1 Å². The Morgan fingerprint density at radius 3 is 2.63 bits per heavy atom. The van der Waals surface area contributed by atoms with Crippen molar-refractivity contribution in [1.82, 2.24) is 10.0 Å². The van der Waals surface area contributed by atoms with E-state index in [4.69, 9.17) is 4.74 Å². The molecule has 8 heteroatoms. The molecule has 6 nitrogen and oxygen atoms in total. The summed E-state index contributed by atoms with van der Waals surface area (Å²) in [5.41, 5.74) is 1.05. The van der Waals surface area contributed by atoms with Crippen molar-refractivity contribution in [3.8, 4) is 5.75 Å². The van der Waals surface area contributed by atoms with Crippen molar-refractivity contribution in [2.75, 3.05) is 20.7 Å². The minimum atomic E-state index is -3.70. The first-order valence-corrected chi connectivity index (χ1v) is 9.66. The molecule has 0 radical (unpaired) electrons. The van der Waals surface area contributed by atoms with E-state index >= 15 is 0 Å². The van der Waals surface area contributed by atoms with Crippen molar-refractivity contribution in [2.45, 2.75) is 11.3 Å². The molecule has 2 aromatic carbocycles. The fourth-order valence-electron chi connectivity index (χ4n) is 2.37. The molecule has 0 spiro atoms. The van der Waals surface area contributed by atoms with E-state index in [1.165, 1.54) is 44.5 Å². The summed E-state index contributed by atoms with van der Waals surface area (Å²) < 4.78 is 44.9. The molecule has 0 aromatic heterocycles. The van der Waals surface area contributed by atoms with Crippen LogP contribution in [-0.2, 0) is 21.2 Å². The summed E-state index contributed by atoms with van der Waals surface area (Å²) in [7, 11) is -1.01. The quantitative estimate of drug-likeness (QED) is 0.674. The molecule has 0 fully saturated rings. The van der Waals surface area contributed by atoms with Gasteiger partial charge in [0, 0.05) is 12.6 Å². The Kier molecular flexibility index (Phi) is 7.09. The highest BCUT2D eigenvalue weighted by Crippen LogP contribution is 2.25. The summed E-state index contributed by atoms with van der Waals surface area (Å²) in [6.07, 6.45) is 3.16. The Balaban J connectivity index is 2.01. The topological polar surface area (TPSA) is 84.5 Å². The van der Waals surface area contributed by atoms with E-state index in [0.29, 0.717) is 17.5 Å². The summed E-state index contributed by atoms with van der Waals surface area (Å²) >= 11 is 0. The third-order valence-electron chi connectivity index (χ3n) is 3.82. The van der Waals surface area contributed by atoms with Gasteiger partial charge in [-0.1, -0.05) is 24.3 Å². The van der Waals surface area contributed by atoms with Crippen molar-refractivity contribution < 1.29 is 22.3 Å². The monoisotopic (exact) mass is 392 g/mol. The molecule has 2 rings (SSSR count). The molecule has 2 aromatic rings. The highest BCUT2D eigenvalue weighted by atomic mass is 32.2. The van der Waals surface area contributed by atoms with E-state index in [2.05, 4.69) is 10.0 Å². The van der Waals surface area contributed by atoms with Gasteiger partial charge in [-0.3, -0.25) is 4.79 Å². The van der Waals surface area contributed by atoms with Crippen LogP contribution in [-0.4, -0.2) is 35.0 Å². The number of carbonyl (C=O) groups excluding carboxylic acids is 1. The molecule has 0 aliphatic carbocycles. The standard InChI is InChI=1S/C19H21FN2O4S/c1-21-27(24,25)18-13-14(7-9-17(18)26-2)8-10-19(23)22-12-11-15-5-3-4-6-16(15)20/h3-10,13,21H,11-12H2,1-2H3,(H,22,23)/b10-8+. The van der Waals surface area contributed by atoms with Gasteiger partial charge in [0.2, 0.25) is 15.9 Å². The molecule has 1 amide bonds. The number of carbonyl (C=O) groups is 1. The third-order valence-corrected chi connectivity index (χ3v) is 5.26. The predicted molar refractivity (Wildman–Crippen MR) is 101 cm³/mol. The second-order valence-corrected chi connectivity index (χ2v) is 7.44. The van der Waals surface area contributed by atoms with Gasteiger partial charge >= 0.3 is 0 Å². The number of sulfonamides is 1. The number of halogens is 1. The zero-order valence-electron chi connectivity index (χ0n) is 15.0.